The largest absolute Gasteiger partial charge is 0.465 e. The molecule has 2 atom stereocenters. The first-order valence-corrected chi connectivity index (χ1v) is 6.80. The minimum atomic E-state index is -1.09. The molecule has 1 aliphatic carbocycles. The second-order valence-corrected chi connectivity index (χ2v) is 5.71. The number of nitrogens with zero attached hydrogens (tertiary/aromatic N) is 1. The highest BCUT2D eigenvalue weighted by molar-refractivity contribution is 5.90. The van der Waals surface area contributed by atoms with Crippen molar-refractivity contribution in [3.63, 3.8) is 0 Å². The molecule has 1 heterocycles. The van der Waals surface area contributed by atoms with Crippen molar-refractivity contribution in [2.75, 3.05) is 0 Å². The molecule has 5 nitrogen and oxygen atoms in total. The van der Waals surface area contributed by atoms with E-state index >= 15 is 0 Å². The van der Waals surface area contributed by atoms with Gasteiger partial charge in [0.05, 0.1) is 0 Å². The third kappa shape index (κ3) is 2.18. The van der Waals surface area contributed by atoms with Crippen molar-refractivity contribution in [3.05, 3.63) is 0 Å². The Hall–Kier alpha value is -1.26. The Morgan fingerprint density at radius 1 is 1.17 bits per heavy atom. The maximum Gasteiger partial charge on any atom is 0.405 e. The summed E-state index contributed by atoms with van der Waals surface area (Å²) in [6.45, 7) is 4.09. The zero-order valence-corrected chi connectivity index (χ0v) is 11.1. The van der Waals surface area contributed by atoms with Crippen molar-refractivity contribution in [2.45, 2.75) is 70.0 Å². The minimum absolute atomic E-state index is 0.0140. The van der Waals surface area contributed by atoms with Crippen LogP contribution in [0.1, 0.15) is 52.4 Å². The van der Waals surface area contributed by atoms with Crippen molar-refractivity contribution in [3.8, 4) is 0 Å². The molecule has 1 saturated carbocycles. The number of rotatable bonds is 2. The van der Waals surface area contributed by atoms with Crippen LogP contribution in [0.25, 0.3) is 0 Å². The standard InChI is InChI=1S/C13H22N2O3/c1-9-5-6-10(2)15(9)11(16)13(14-12(17)18)7-3-4-8-13/h9-10,14H,3-8H2,1-2H3,(H,17,18)/t9-,10+. The SMILES string of the molecule is C[C@@H]1CC[C@H](C)N1C(=O)C1(NC(=O)O)CCCC1. The lowest BCUT2D eigenvalue weighted by atomic mass is 9.95. The lowest BCUT2D eigenvalue weighted by molar-refractivity contribution is -0.140. The van der Waals surface area contributed by atoms with Crippen molar-refractivity contribution in [1.29, 1.82) is 0 Å². The smallest absolute Gasteiger partial charge is 0.405 e. The van der Waals surface area contributed by atoms with E-state index in [-0.39, 0.29) is 18.0 Å². The van der Waals surface area contributed by atoms with Crippen molar-refractivity contribution in [2.24, 2.45) is 0 Å². The monoisotopic (exact) mass is 254 g/mol. The Balaban J connectivity index is 2.20. The molecule has 18 heavy (non-hydrogen) atoms. The number of nitrogens with one attached hydrogen (secondary N) is 1. The van der Waals surface area contributed by atoms with Crippen molar-refractivity contribution >= 4 is 12.0 Å². The van der Waals surface area contributed by atoms with Crippen LogP contribution in [0.3, 0.4) is 0 Å². The van der Waals surface area contributed by atoms with E-state index in [1.54, 1.807) is 0 Å². The van der Waals surface area contributed by atoms with Crippen molar-refractivity contribution < 1.29 is 14.7 Å². The van der Waals surface area contributed by atoms with Crippen LogP contribution in [-0.2, 0) is 4.79 Å². The fourth-order valence-corrected chi connectivity index (χ4v) is 3.42. The lowest BCUT2D eigenvalue weighted by Gasteiger charge is -2.36. The molecule has 2 N–H and O–H groups in total. The minimum Gasteiger partial charge on any atom is -0.465 e. The molecule has 0 bridgehead atoms. The van der Waals surface area contributed by atoms with E-state index in [4.69, 9.17) is 5.11 Å². The molecule has 0 radical (unpaired) electrons. The molecule has 0 spiro atoms. The number of carboxylic acid groups (broad SMARTS) is 1. The highest BCUT2D eigenvalue weighted by atomic mass is 16.4. The molecule has 2 amide bonds. The Labute approximate surface area is 108 Å². The third-order valence-electron chi connectivity index (χ3n) is 4.40. The second kappa shape index (κ2) is 4.78. The van der Waals surface area contributed by atoms with Crippen LogP contribution in [0.15, 0.2) is 0 Å². The molecule has 2 aliphatic rings. The normalized spacial score (nSPS) is 30.4. The second-order valence-electron chi connectivity index (χ2n) is 5.71. The van der Waals surface area contributed by atoms with Crippen LogP contribution in [0.4, 0.5) is 4.79 Å². The topological polar surface area (TPSA) is 69.6 Å². The molecular weight excluding hydrogens is 232 g/mol. The van der Waals surface area contributed by atoms with Gasteiger partial charge in [-0.05, 0) is 39.5 Å². The van der Waals surface area contributed by atoms with Crippen LogP contribution >= 0.6 is 0 Å². The fraction of sp³-hybridized carbons (Fsp3) is 0.846. The van der Waals surface area contributed by atoms with Gasteiger partial charge in [0, 0.05) is 12.1 Å². The van der Waals surface area contributed by atoms with Gasteiger partial charge in [-0.25, -0.2) is 4.79 Å². The summed E-state index contributed by atoms with van der Waals surface area (Å²) in [5.74, 6) is -0.0140. The predicted octanol–water partition coefficient (Wildman–Crippen LogP) is 1.97. The van der Waals surface area contributed by atoms with Gasteiger partial charge >= 0.3 is 6.09 Å². The highest BCUT2D eigenvalue weighted by Crippen LogP contribution is 2.35. The fourth-order valence-electron chi connectivity index (χ4n) is 3.42. The molecule has 0 aromatic rings. The van der Waals surface area contributed by atoms with Crippen LogP contribution < -0.4 is 5.32 Å². The van der Waals surface area contributed by atoms with E-state index < -0.39 is 11.6 Å². The van der Waals surface area contributed by atoms with Gasteiger partial charge in [-0.1, -0.05) is 12.8 Å². The Kier molecular flexibility index (Phi) is 3.50. The van der Waals surface area contributed by atoms with Gasteiger partial charge in [0.15, 0.2) is 0 Å². The average Bonchev–Trinajstić information content (AvgIpc) is 2.86. The molecule has 1 saturated heterocycles. The van der Waals surface area contributed by atoms with Crippen LogP contribution in [-0.4, -0.2) is 39.6 Å². The van der Waals surface area contributed by atoms with E-state index in [0.29, 0.717) is 12.8 Å². The quantitative estimate of drug-likeness (QED) is 0.791. The summed E-state index contributed by atoms with van der Waals surface area (Å²) in [5.41, 5.74) is -0.862. The maximum atomic E-state index is 12.7. The van der Waals surface area contributed by atoms with E-state index in [1.165, 1.54) is 0 Å². The average molecular weight is 254 g/mol. The number of likely N-dealkylation sites (tertiary alicyclic amines) is 1. The van der Waals surface area contributed by atoms with Crippen LogP contribution in [0.2, 0.25) is 0 Å². The zero-order chi connectivity index (χ0) is 13.3. The number of carbonyl (C=O) groups is 2. The highest BCUT2D eigenvalue weighted by Gasteiger charge is 2.48. The summed E-state index contributed by atoms with van der Waals surface area (Å²) in [4.78, 5) is 25.6. The predicted molar refractivity (Wildman–Crippen MR) is 67.4 cm³/mol. The maximum absolute atomic E-state index is 12.7. The molecule has 2 fully saturated rings. The summed E-state index contributed by atoms with van der Waals surface area (Å²) >= 11 is 0. The molecule has 0 unspecified atom stereocenters. The summed E-state index contributed by atoms with van der Waals surface area (Å²) in [7, 11) is 0. The van der Waals surface area contributed by atoms with Gasteiger partial charge in [-0.2, -0.15) is 0 Å². The van der Waals surface area contributed by atoms with E-state index in [0.717, 1.165) is 25.7 Å². The molecule has 1 aliphatic heterocycles. The van der Waals surface area contributed by atoms with Gasteiger partial charge < -0.3 is 15.3 Å². The summed E-state index contributed by atoms with van der Waals surface area (Å²) in [6, 6.07) is 0.445. The van der Waals surface area contributed by atoms with Crippen LogP contribution in [0, 0.1) is 0 Å². The zero-order valence-electron chi connectivity index (χ0n) is 11.1. The van der Waals surface area contributed by atoms with Gasteiger partial charge in [0.2, 0.25) is 5.91 Å². The molecule has 2 rings (SSSR count). The van der Waals surface area contributed by atoms with Gasteiger partial charge in [0.1, 0.15) is 5.54 Å². The molecule has 0 aromatic heterocycles. The Morgan fingerprint density at radius 3 is 2.11 bits per heavy atom. The van der Waals surface area contributed by atoms with Crippen molar-refractivity contribution in [1.82, 2.24) is 10.2 Å². The van der Waals surface area contributed by atoms with Gasteiger partial charge in [-0.15, -0.1) is 0 Å². The van der Waals surface area contributed by atoms with Gasteiger partial charge in [-0.3, -0.25) is 4.79 Å². The lowest BCUT2D eigenvalue weighted by Crippen LogP contribution is -2.59. The van der Waals surface area contributed by atoms with E-state index in [2.05, 4.69) is 5.32 Å². The van der Waals surface area contributed by atoms with Gasteiger partial charge in [0.25, 0.3) is 0 Å². The summed E-state index contributed by atoms with van der Waals surface area (Å²) in [5, 5.41) is 11.5. The summed E-state index contributed by atoms with van der Waals surface area (Å²) in [6.07, 6.45) is 4.03. The number of carbonyl (C=O) groups excluding carboxylic acids is 1. The first kappa shape index (κ1) is 13.2. The van der Waals surface area contributed by atoms with E-state index in [9.17, 15) is 9.59 Å². The molecule has 102 valence electrons. The Morgan fingerprint density at radius 2 is 1.67 bits per heavy atom. The van der Waals surface area contributed by atoms with Crippen LogP contribution in [0.5, 0.6) is 0 Å². The first-order chi connectivity index (χ1) is 8.46. The molecular formula is C13H22N2O3. The first-order valence-electron chi connectivity index (χ1n) is 6.80. The molecule has 5 heteroatoms. The summed E-state index contributed by atoms with van der Waals surface area (Å²) < 4.78 is 0. The third-order valence-corrected chi connectivity index (χ3v) is 4.40. The number of hydrogen-bond donors (Lipinski definition) is 2. The van der Waals surface area contributed by atoms with E-state index in [1.807, 2.05) is 18.7 Å². The molecule has 0 aromatic carbocycles. The number of hydrogen-bond acceptors (Lipinski definition) is 2. The number of amides is 2. The Bertz CT molecular complexity index is 340.